The van der Waals surface area contributed by atoms with Gasteiger partial charge in [-0.2, -0.15) is 0 Å². The SMILES string of the molecule is [B]C([B]CC)(C(C)C)C(C)C. The van der Waals surface area contributed by atoms with Crippen molar-refractivity contribution in [3.8, 4) is 0 Å². The van der Waals surface area contributed by atoms with Crippen LogP contribution in [0.5, 0.6) is 0 Å². The summed E-state index contributed by atoms with van der Waals surface area (Å²) in [6.07, 6.45) is 1.06. The van der Waals surface area contributed by atoms with Gasteiger partial charge in [0.15, 0.2) is 0 Å². The summed E-state index contributed by atoms with van der Waals surface area (Å²) < 4.78 is 0. The van der Waals surface area contributed by atoms with Gasteiger partial charge in [-0.05, 0) is 0 Å². The van der Waals surface area contributed by atoms with Crippen LogP contribution < -0.4 is 0 Å². The summed E-state index contributed by atoms with van der Waals surface area (Å²) in [6, 6.07) is 0. The first-order valence-electron chi connectivity index (χ1n) is 4.58. The number of hydrogen-bond acceptors (Lipinski definition) is 0. The van der Waals surface area contributed by atoms with Gasteiger partial charge in [0, 0.05) is 0 Å². The first-order chi connectivity index (χ1) is 4.95. The van der Waals surface area contributed by atoms with Crippen molar-refractivity contribution in [2.75, 3.05) is 0 Å². The van der Waals surface area contributed by atoms with E-state index in [-0.39, 0.29) is 5.21 Å². The van der Waals surface area contributed by atoms with Crippen LogP contribution in [-0.2, 0) is 0 Å². The van der Waals surface area contributed by atoms with E-state index in [9.17, 15) is 0 Å². The second kappa shape index (κ2) is 4.23. The quantitative estimate of drug-likeness (QED) is 0.539. The molecule has 0 aliphatic carbocycles. The van der Waals surface area contributed by atoms with Crippen LogP contribution in [0.3, 0.4) is 0 Å². The molecule has 0 aromatic carbocycles. The predicted molar refractivity (Wildman–Crippen MR) is 54.4 cm³/mol. The first-order valence-corrected chi connectivity index (χ1v) is 4.58. The van der Waals surface area contributed by atoms with Gasteiger partial charge in [-0.25, -0.2) is 0 Å². The standard InChI is InChI=1S/C9H19B2/c1-6-11-9(10,7(2)3)8(4)5/h7-8H,6H2,1-5H3. The summed E-state index contributed by atoms with van der Waals surface area (Å²) in [5.41, 5.74) is 0. The van der Waals surface area contributed by atoms with Gasteiger partial charge in [0.05, 0.1) is 7.85 Å². The van der Waals surface area contributed by atoms with Gasteiger partial charge in [-0.15, -0.1) is 0 Å². The van der Waals surface area contributed by atoms with Crippen LogP contribution in [0.2, 0.25) is 11.5 Å². The third-order valence-electron chi connectivity index (χ3n) is 2.56. The second-order valence-corrected chi connectivity index (χ2v) is 3.92. The molecule has 0 amide bonds. The molecule has 0 saturated heterocycles. The smallest absolute Gasteiger partial charge is 0.0866 e. The lowest BCUT2D eigenvalue weighted by atomic mass is 9.34. The van der Waals surface area contributed by atoms with E-state index in [2.05, 4.69) is 41.9 Å². The minimum Gasteiger partial charge on any atom is -0.0866 e. The molecule has 0 aromatic heterocycles. The molecular formula is C9H19B2. The van der Waals surface area contributed by atoms with Crippen LogP contribution in [0.25, 0.3) is 0 Å². The van der Waals surface area contributed by atoms with Crippen LogP contribution >= 0.6 is 0 Å². The van der Waals surface area contributed by atoms with Crippen molar-refractivity contribution in [1.82, 2.24) is 0 Å². The zero-order valence-corrected chi connectivity index (χ0v) is 8.52. The summed E-state index contributed by atoms with van der Waals surface area (Å²) in [6.45, 7) is 10.9. The molecular weight excluding hydrogens is 130 g/mol. The largest absolute Gasteiger partial charge is 0.107 e. The summed E-state index contributed by atoms with van der Waals surface area (Å²) in [5, 5.41) is -0.0747. The average molecular weight is 149 g/mol. The van der Waals surface area contributed by atoms with Crippen molar-refractivity contribution in [2.45, 2.75) is 46.2 Å². The molecule has 0 aliphatic rings. The Morgan fingerprint density at radius 3 is 1.64 bits per heavy atom. The van der Waals surface area contributed by atoms with Gasteiger partial charge in [0.1, 0.15) is 7.28 Å². The van der Waals surface area contributed by atoms with E-state index in [1.165, 1.54) is 0 Å². The lowest BCUT2D eigenvalue weighted by molar-refractivity contribution is 0.415. The Bertz CT molecular complexity index is 100. The molecule has 0 atom stereocenters. The van der Waals surface area contributed by atoms with Crippen molar-refractivity contribution < 1.29 is 0 Å². The molecule has 0 nitrogen and oxygen atoms in total. The number of rotatable bonds is 4. The molecule has 2 heteroatoms. The maximum atomic E-state index is 6.24. The predicted octanol–water partition coefficient (Wildman–Crippen LogP) is 2.73. The Hall–Kier alpha value is 0.130. The first kappa shape index (κ1) is 11.1. The molecule has 0 aliphatic heterocycles. The maximum absolute atomic E-state index is 6.24. The van der Waals surface area contributed by atoms with E-state index in [0.717, 1.165) is 6.32 Å². The fourth-order valence-electron chi connectivity index (χ4n) is 1.49. The molecule has 0 aromatic rings. The van der Waals surface area contributed by atoms with Crippen molar-refractivity contribution in [3.63, 3.8) is 0 Å². The molecule has 0 N–H and O–H groups in total. The van der Waals surface area contributed by atoms with Crippen molar-refractivity contribution in [2.24, 2.45) is 11.8 Å². The number of hydrogen-bond donors (Lipinski definition) is 0. The fourth-order valence-corrected chi connectivity index (χ4v) is 1.49. The van der Waals surface area contributed by atoms with E-state index >= 15 is 0 Å². The molecule has 61 valence electrons. The molecule has 0 saturated carbocycles. The van der Waals surface area contributed by atoms with Gasteiger partial charge in [0.2, 0.25) is 0 Å². The van der Waals surface area contributed by atoms with Crippen LogP contribution in [0.4, 0.5) is 0 Å². The monoisotopic (exact) mass is 149 g/mol. The highest BCUT2D eigenvalue weighted by Crippen LogP contribution is 2.39. The van der Waals surface area contributed by atoms with Crippen LogP contribution in [-0.4, -0.2) is 15.1 Å². The van der Waals surface area contributed by atoms with Crippen LogP contribution in [0.15, 0.2) is 0 Å². The third-order valence-corrected chi connectivity index (χ3v) is 2.56. The molecule has 0 spiro atoms. The van der Waals surface area contributed by atoms with Crippen LogP contribution in [0, 0.1) is 11.8 Å². The zero-order chi connectivity index (χ0) is 9.07. The highest BCUT2D eigenvalue weighted by Gasteiger charge is 2.30. The van der Waals surface area contributed by atoms with E-state index in [4.69, 9.17) is 7.85 Å². The van der Waals surface area contributed by atoms with Gasteiger partial charge in [0.25, 0.3) is 0 Å². The third kappa shape index (κ3) is 2.57. The molecule has 3 radical (unpaired) electrons. The highest BCUT2D eigenvalue weighted by molar-refractivity contribution is 6.53. The Labute approximate surface area is 73.8 Å². The minimum absolute atomic E-state index is 0.0747. The topological polar surface area (TPSA) is 0 Å². The molecule has 0 bridgehead atoms. The molecule has 0 unspecified atom stereocenters. The van der Waals surface area contributed by atoms with Crippen molar-refractivity contribution in [3.05, 3.63) is 0 Å². The lowest BCUT2D eigenvalue weighted by Gasteiger charge is -2.38. The fraction of sp³-hybridized carbons (Fsp3) is 1.00. The zero-order valence-electron chi connectivity index (χ0n) is 8.52. The van der Waals surface area contributed by atoms with E-state index in [1.54, 1.807) is 0 Å². The molecule has 11 heavy (non-hydrogen) atoms. The Kier molecular flexibility index (Phi) is 4.28. The van der Waals surface area contributed by atoms with Crippen molar-refractivity contribution in [1.29, 1.82) is 0 Å². The summed E-state index contributed by atoms with van der Waals surface area (Å²) in [5.74, 6) is 1.06. The van der Waals surface area contributed by atoms with E-state index in [0.29, 0.717) is 11.8 Å². The Morgan fingerprint density at radius 2 is 1.55 bits per heavy atom. The molecule has 0 fully saturated rings. The minimum atomic E-state index is -0.0747. The van der Waals surface area contributed by atoms with Crippen molar-refractivity contribution >= 4 is 15.1 Å². The normalized spacial score (nSPS) is 12.6. The molecule has 0 rings (SSSR count). The summed E-state index contributed by atoms with van der Waals surface area (Å²) >= 11 is 0. The summed E-state index contributed by atoms with van der Waals surface area (Å²) in [4.78, 5) is 0. The van der Waals surface area contributed by atoms with E-state index < -0.39 is 0 Å². The second-order valence-electron chi connectivity index (χ2n) is 3.92. The lowest BCUT2D eigenvalue weighted by Crippen LogP contribution is -2.31. The Morgan fingerprint density at radius 1 is 1.18 bits per heavy atom. The average Bonchev–Trinajstić information content (AvgIpc) is 1.87. The molecule has 0 heterocycles. The van der Waals surface area contributed by atoms with Gasteiger partial charge >= 0.3 is 0 Å². The Balaban J connectivity index is 4.26. The van der Waals surface area contributed by atoms with Gasteiger partial charge in [-0.3, -0.25) is 0 Å². The maximum Gasteiger partial charge on any atom is 0.107 e. The van der Waals surface area contributed by atoms with Gasteiger partial charge in [-0.1, -0.05) is 58.0 Å². The van der Waals surface area contributed by atoms with Gasteiger partial charge < -0.3 is 0 Å². The van der Waals surface area contributed by atoms with Crippen LogP contribution in [0.1, 0.15) is 34.6 Å². The van der Waals surface area contributed by atoms with E-state index in [1.807, 2.05) is 0 Å². The summed E-state index contributed by atoms with van der Waals surface area (Å²) in [7, 11) is 8.48. The highest BCUT2D eigenvalue weighted by atomic mass is 14.2.